The normalized spacial score (nSPS) is 22.6. The summed E-state index contributed by atoms with van der Waals surface area (Å²) in [6.45, 7) is 36.4. The van der Waals surface area contributed by atoms with Crippen molar-refractivity contribution in [2.75, 3.05) is 14.7 Å². The molecule has 1 fully saturated rings. The summed E-state index contributed by atoms with van der Waals surface area (Å²) in [7, 11) is 0. The van der Waals surface area contributed by atoms with Crippen LogP contribution in [0.1, 0.15) is 174 Å². The molecule has 12 rings (SSSR count). The average Bonchev–Trinajstić information content (AvgIpc) is 3.84. The lowest BCUT2D eigenvalue weighted by molar-refractivity contribution is 0.195. The molecule has 2 atom stereocenters. The maximum absolute atomic E-state index is 2.85. The molecule has 0 spiro atoms. The molecule has 2 unspecified atom stereocenters. The summed E-state index contributed by atoms with van der Waals surface area (Å²) in [5, 5.41) is 0. The number of fused-ring (bicyclic) bond motifs is 9. The van der Waals surface area contributed by atoms with E-state index in [0.717, 1.165) is 32.1 Å². The van der Waals surface area contributed by atoms with E-state index in [1.807, 2.05) is 0 Å². The monoisotopic (exact) mass is 924 g/mol. The van der Waals surface area contributed by atoms with E-state index >= 15 is 0 Å². The summed E-state index contributed by atoms with van der Waals surface area (Å²) in [6.07, 6.45) is 9.31. The van der Waals surface area contributed by atoms with Crippen molar-refractivity contribution in [3.05, 3.63) is 148 Å². The first-order chi connectivity index (χ1) is 32.7. The summed E-state index contributed by atoms with van der Waals surface area (Å²) in [6, 6.07) is 42.8. The van der Waals surface area contributed by atoms with Gasteiger partial charge in [0.15, 0.2) is 0 Å². The summed E-state index contributed by atoms with van der Waals surface area (Å²) in [4.78, 5) is 8.26. The van der Waals surface area contributed by atoms with E-state index in [1.54, 1.807) is 0 Å². The molecule has 0 saturated heterocycles. The fraction of sp³-hybridized carbons (Fsp3) is 0.455. The number of hydrogen-bond acceptors (Lipinski definition) is 3. The first kappa shape index (κ1) is 45.9. The van der Waals surface area contributed by atoms with Crippen molar-refractivity contribution in [3.63, 3.8) is 0 Å². The Labute approximate surface area is 422 Å². The van der Waals surface area contributed by atoms with Crippen molar-refractivity contribution in [3.8, 4) is 0 Å². The van der Waals surface area contributed by atoms with Gasteiger partial charge in [-0.1, -0.05) is 158 Å². The SMILES string of the molecule is CC1(C)Cc2ccc(N3c4cc5c(cc4B4c6cc(C(C)(C)C)ccc6N(c6ccc(C(C)(C)C)cc6)c6cc(N7c8ccc(C(C)(C)C)cc8C8(C)CCCCC78C)cc3c64)CC(C)(C)C5)cc2C1. The third-order valence-electron chi connectivity index (χ3n) is 18.6. The van der Waals surface area contributed by atoms with Crippen molar-refractivity contribution >= 4 is 68.6 Å². The first-order valence-electron chi connectivity index (χ1n) is 27.0. The highest BCUT2D eigenvalue weighted by atomic mass is 15.3. The quantitative estimate of drug-likeness (QED) is 0.164. The zero-order chi connectivity index (χ0) is 49.5. The summed E-state index contributed by atoms with van der Waals surface area (Å²) >= 11 is 0. The summed E-state index contributed by atoms with van der Waals surface area (Å²) in [5.74, 6) is 0. The number of rotatable bonds is 3. The third kappa shape index (κ3) is 6.80. The lowest BCUT2D eigenvalue weighted by Gasteiger charge is -2.51. The van der Waals surface area contributed by atoms with Crippen LogP contribution in [0.5, 0.6) is 0 Å². The van der Waals surface area contributed by atoms with Crippen LogP contribution in [0, 0.1) is 10.8 Å². The molecule has 0 bridgehead atoms. The van der Waals surface area contributed by atoms with Crippen molar-refractivity contribution < 1.29 is 0 Å². The van der Waals surface area contributed by atoms with Crippen molar-refractivity contribution in [2.45, 2.75) is 182 Å². The van der Waals surface area contributed by atoms with Crippen LogP contribution in [-0.4, -0.2) is 12.3 Å². The van der Waals surface area contributed by atoms with Gasteiger partial charge in [-0.3, -0.25) is 0 Å². The Kier molecular flexibility index (Phi) is 9.64. The average molecular weight is 924 g/mol. The molecule has 6 aromatic rings. The van der Waals surface area contributed by atoms with Crippen LogP contribution in [0.4, 0.5) is 45.5 Å². The van der Waals surface area contributed by atoms with Gasteiger partial charge in [-0.25, -0.2) is 0 Å². The Hall–Kier alpha value is -5.22. The number of benzene rings is 6. The predicted molar refractivity (Wildman–Crippen MR) is 302 cm³/mol. The van der Waals surface area contributed by atoms with Crippen molar-refractivity contribution in [1.82, 2.24) is 0 Å². The van der Waals surface area contributed by atoms with Crippen molar-refractivity contribution in [1.29, 1.82) is 0 Å². The summed E-state index contributed by atoms with van der Waals surface area (Å²) in [5.41, 5.74) is 27.0. The molecule has 360 valence electrons. The molecule has 4 heteroatoms. The van der Waals surface area contributed by atoms with Gasteiger partial charge in [-0.15, -0.1) is 0 Å². The van der Waals surface area contributed by atoms with Gasteiger partial charge < -0.3 is 14.7 Å². The Morgan fingerprint density at radius 1 is 0.414 bits per heavy atom. The molecule has 0 N–H and O–H groups in total. The van der Waals surface area contributed by atoms with E-state index in [4.69, 9.17) is 0 Å². The van der Waals surface area contributed by atoms with E-state index < -0.39 is 0 Å². The van der Waals surface area contributed by atoms with Crippen LogP contribution in [0.3, 0.4) is 0 Å². The van der Waals surface area contributed by atoms with E-state index in [2.05, 4.69) is 222 Å². The molecule has 0 aromatic heterocycles. The molecule has 0 amide bonds. The minimum atomic E-state index is -0.110. The second-order valence-electron chi connectivity index (χ2n) is 28.1. The maximum atomic E-state index is 2.85. The molecular formula is C66H78BN3. The molecule has 3 nitrogen and oxygen atoms in total. The second-order valence-corrected chi connectivity index (χ2v) is 28.1. The highest BCUT2D eigenvalue weighted by molar-refractivity contribution is 7.00. The standard InChI is InChI=1S/C66H78BN3/c1-60(2,3)45-19-24-48(25-20-45)68-55-27-22-47(62(7,8)9)34-53(55)67-52-31-43-39-64(12,13)40-44(43)32-56(52)69(49-23-18-41-37-63(10,11)38-42(41)30-49)58-36-50(35-57(68)59(58)67)70-54-26-21-46(61(4,5)6)33-51(54)65(14)28-16-17-29-66(65,70)15/h18-27,30-36H,16-17,28-29,37-40H2,1-15H3. The van der Waals surface area contributed by atoms with E-state index in [0.29, 0.717) is 0 Å². The Balaban J connectivity index is 1.20. The highest BCUT2D eigenvalue weighted by Gasteiger charge is 2.58. The number of nitrogens with zero attached hydrogens (tertiary/aromatic N) is 3. The Morgan fingerprint density at radius 3 is 1.54 bits per heavy atom. The molecule has 6 aliphatic rings. The maximum Gasteiger partial charge on any atom is 0.252 e. The van der Waals surface area contributed by atoms with Crippen LogP contribution >= 0.6 is 0 Å². The number of hydrogen-bond donors (Lipinski definition) is 0. The number of anilines is 8. The lowest BCUT2D eigenvalue weighted by atomic mass is 9.33. The lowest BCUT2D eigenvalue weighted by Crippen LogP contribution is -2.62. The minimum absolute atomic E-state index is 0.00236. The van der Waals surface area contributed by atoms with Gasteiger partial charge >= 0.3 is 0 Å². The molecule has 70 heavy (non-hydrogen) atoms. The van der Waals surface area contributed by atoms with Gasteiger partial charge in [0.2, 0.25) is 0 Å². The van der Waals surface area contributed by atoms with E-state index in [-0.39, 0.29) is 44.7 Å². The van der Waals surface area contributed by atoms with Crippen LogP contribution in [0.15, 0.2) is 103 Å². The van der Waals surface area contributed by atoms with Gasteiger partial charge in [0.25, 0.3) is 6.71 Å². The van der Waals surface area contributed by atoms with Crippen LogP contribution < -0.4 is 31.1 Å². The smallest absolute Gasteiger partial charge is 0.252 e. The molecule has 3 heterocycles. The van der Waals surface area contributed by atoms with E-state index in [1.165, 1.54) is 126 Å². The fourth-order valence-corrected chi connectivity index (χ4v) is 14.6. The minimum Gasteiger partial charge on any atom is -0.334 e. The Bertz CT molecular complexity index is 3170. The summed E-state index contributed by atoms with van der Waals surface area (Å²) < 4.78 is 0. The van der Waals surface area contributed by atoms with Gasteiger partial charge in [0.1, 0.15) is 0 Å². The largest absolute Gasteiger partial charge is 0.334 e. The molecule has 3 aliphatic carbocycles. The Morgan fingerprint density at radius 2 is 0.914 bits per heavy atom. The predicted octanol–water partition coefficient (Wildman–Crippen LogP) is 15.7. The topological polar surface area (TPSA) is 9.72 Å². The van der Waals surface area contributed by atoms with Gasteiger partial charge in [-0.05, 0) is 188 Å². The fourth-order valence-electron chi connectivity index (χ4n) is 14.6. The molecule has 3 aliphatic heterocycles. The van der Waals surface area contributed by atoms with Crippen LogP contribution in [0.2, 0.25) is 0 Å². The van der Waals surface area contributed by atoms with Gasteiger partial charge in [0.05, 0.1) is 5.54 Å². The van der Waals surface area contributed by atoms with Gasteiger partial charge in [-0.2, -0.15) is 0 Å². The zero-order valence-electron chi connectivity index (χ0n) is 45.4. The molecular weight excluding hydrogens is 846 g/mol. The van der Waals surface area contributed by atoms with Crippen molar-refractivity contribution in [2.24, 2.45) is 10.8 Å². The molecule has 0 radical (unpaired) electrons. The van der Waals surface area contributed by atoms with Gasteiger partial charge in [0, 0.05) is 50.9 Å². The molecule has 6 aromatic carbocycles. The van der Waals surface area contributed by atoms with E-state index in [9.17, 15) is 0 Å². The highest BCUT2D eigenvalue weighted by Crippen LogP contribution is 2.62. The van der Waals surface area contributed by atoms with Crippen LogP contribution in [0.25, 0.3) is 0 Å². The van der Waals surface area contributed by atoms with Crippen LogP contribution in [-0.2, 0) is 47.3 Å². The third-order valence-corrected chi connectivity index (χ3v) is 18.6. The zero-order valence-corrected chi connectivity index (χ0v) is 45.4. The second kappa shape index (κ2) is 14.7. The first-order valence-corrected chi connectivity index (χ1v) is 27.0. The molecule has 1 saturated carbocycles.